The molecule has 238 valence electrons. The first-order valence-corrected chi connectivity index (χ1v) is 17.3. The first-order valence-electron chi connectivity index (χ1n) is 14.6. The molecule has 0 saturated carbocycles. The highest BCUT2D eigenvalue weighted by atomic mass is 32.2. The van der Waals surface area contributed by atoms with Gasteiger partial charge in [-0.3, -0.25) is 13.9 Å². The SMILES string of the molecule is CCOc1ccccc1N(CC(=O)N(Cc1cccc(OC)c1)C(CC)C(=O)NCC(C)C)S(=O)(=O)c1ccc(SC)cc1. The largest absolute Gasteiger partial charge is 0.497 e. The minimum Gasteiger partial charge on any atom is -0.497 e. The molecule has 0 aliphatic rings. The van der Waals surface area contributed by atoms with E-state index in [1.165, 1.54) is 28.8 Å². The molecule has 0 saturated heterocycles. The number of amides is 2. The van der Waals surface area contributed by atoms with Gasteiger partial charge in [0.05, 0.1) is 24.3 Å². The molecule has 44 heavy (non-hydrogen) atoms. The van der Waals surface area contributed by atoms with E-state index >= 15 is 0 Å². The van der Waals surface area contributed by atoms with Gasteiger partial charge in [-0.05, 0) is 79.6 Å². The zero-order chi connectivity index (χ0) is 32.3. The Morgan fingerprint density at radius 2 is 1.68 bits per heavy atom. The molecular formula is C33H43N3O6S2. The summed E-state index contributed by atoms with van der Waals surface area (Å²) < 4.78 is 40.7. The Balaban J connectivity index is 2.11. The van der Waals surface area contributed by atoms with E-state index in [2.05, 4.69) is 5.32 Å². The van der Waals surface area contributed by atoms with Crippen LogP contribution in [0.1, 0.15) is 39.7 Å². The third-order valence-corrected chi connectivity index (χ3v) is 9.44. The monoisotopic (exact) mass is 641 g/mol. The first-order chi connectivity index (χ1) is 21.0. The number of hydrogen-bond donors (Lipinski definition) is 1. The summed E-state index contributed by atoms with van der Waals surface area (Å²) in [6.45, 7) is 7.90. The first kappa shape index (κ1) is 34.8. The van der Waals surface area contributed by atoms with Gasteiger partial charge in [0.1, 0.15) is 24.1 Å². The van der Waals surface area contributed by atoms with Crippen molar-refractivity contribution in [1.82, 2.24) is 10.2 Å². The van der Waals surface area contributed by atoms with Gasteiger partial charge < -0.3 is 19.7 Å². The normalized spacial score (nSPS) is 12.0. The second-order valence-electron chi connectivity index (χ2n) is 10.5. The maximum Gasteiger partial charge on any atom is 0.264 e. The Hall–Kier alpha value is -3.70. The molecular weight excluding hydrogens is 599 g/mol. The molecule has 2 amide bonds. The van der Waals surface area contributed by atoms with Crippen LogP contribution in [0.2, 0.25) is 0 Å². The van der Waals surface area contributed by atoms with Crippen LogP contribution >= 0.6 is 11.8 Å². The van der Waals surface area contributed by atoms with Gasteiger partial charge in [0.25, 0.3) is 10.0 Å². The van der Waals surface area contributed by atoms with Crippen LogP contribution in [0.5, 0.6) is 11.5 Å². The number of carbonyl (C=O) groups is 2. The average molecular weight is 642 g/mol. The van der Waals surface area contributed by atoms with Gasteiger partial charge in [-0.1, -0.05) is 45.0 Å². The third-order valence-electron chi connectivity index (χ3n) is 6.92. The fourth-order valence-corrected chi connectivity index (χ4v) is 6.47. The van der Waals surface area contributed by atoms with Crippen molar-refractivity contribution in [2.45, 2.75) is 56.5 Å². The molecule has 9 nitrogen and oxygen atoms in total. The highest BCUT2D eigenvalue weighted by Gasteiger charge is 2.34. The number of benzene rings is 3. The smallest absolute Gasteiger partial charge is 0.264 e. The van der Waals surface area contributed by atoms with Crippen molar-refractivity contribution in [2.24, 2.45) is 5.92 Å². The summed E-state index contributed by atoms with van der Waals surface area (Å²) >= 11 is 1.50. The number of anilines is 1. The minimum absolute atomic E-state index is 0.0375. The number of rotatable bonds is 16. The number of para-hydroxylation sites is 2. The molecule has 0 radical (unpaired) electrons. The van der Waals surface area contributed by atoms with E-state index in [0.717, 1.165) is 14.8 Å². The highest BCUT2D eigenvalue weighted by molar-refractivity contribution is 7.98. The Morgan fingerprint density at radius 3 is 2.30 bits per heavy atom. The molecule has 0 bridgehead atoms. The van der Waals surface area contributed by atoms with E-state index in [1.54, 1.807) is 62.6 Å². The lowest BCUT2D eigenvalue weighted by Gasteiger charge is -2.33. The highest BCUT2D eigenvalue weighted by Crippen LogP contribution is 2.33. The van der Waals surface area contributed by atoms with Crippen molar-refractivity contribution in [2.75, 3.05) is 37.4 Å². The quantitative estimate of drug-likeness (QED) is 0.203. The van der Waals surface area contributed by atoms with Gasteiger partial charge in [0.15, 0.2) is 0 Å². The van der Waals surface area contributed by atoms with Gasteiger partial charge in [0, 0.05) is 18.0 Å². The number of hydrogen-bond acceptors (Lipinski definition) is 7. The lowest BCUT2D eigenvalue weighted by atomic mass is 10.1. The Kier molecular flexibility index (Phi) is 13.0. The number of methoxy groups -OCH3 is 1. The predicted molar refractivity (Wildman–Crippen MR) is 176 cm³/mol. The third kappa shape index (κ3) is 8.92. The van der Waals surface area contributed by atoms with Crippen LogP contribution < -0.4 is 19.1 Å². The zero-order valence-corrected chi connectivity index (χ0v) is 27.9. The summed E-state index contributed by atoms with van der Waals surface area (Å²) in [6.07, 6.45) is 2.24. The van der Waals surface area contributed by atoms with Gasteiger partial charge >= 0.3 is 0 Å². The van der Waals surface area contributed by atoms with E-state index in [-0.39, 0.29) is 29.0 Å². The second kappa shape index (κ2) is 16.4. The van der Waals surface area contributed by atoms with Crippen molar-refractivity contribution in [3.05, 3.63) is 78.4 Å². The average Bonchev–Trinajstić information content (AvgIpc) is 3.03. The summed E-state index contributed by atoms with van der Waals surface area (Å²) in [5.41, 5.74) is 0.972. The van der Waals surface area contributed by atoms with Gasteiger partial charge in [-0.25, -0.2) is 8.42 Å². The fourth-order valence-electron chi connectivity index (χ4n) is 4.64. The lowest BCUT2D eigenvalue weighted by molar-refractivity contribution is -0.140. The van der Waals surface area contributed by atoms with Crippen LogP contribution in [0, 0.1) is 5.92 Å². The number of nitrogens with zero attached hydrogens (tertiary/aromatic N) is 2. The van der Waals surface area contributed by atoms with Crippen molar-refractivity contribution in [3.8, 4) is 11.5 Å². The molecule has 0 aliphatic heterocycles. The van der Waals surface area contributed by atoms with Gasteiger partial charge in [-0.2, -0.15) is 0 Å². The fraction of sp³-hybridized carbons (Fsp3) is 0.394. The maximum absolute atomic E-state index is 14.3. The summed E-state index contributed by atoms with van der Waals surface area (Å²) in [4.78, 5) is 30.2. The summed E-state index contributed by atoms with van der Waals surface area (Å²) in [5, 5.41) is 2.94. The number of sulfonamides is 1. The number of nitrogens with one attached hydrogen (secondary N) is 1. The Morgan fingerprint density at radius 1 is 0.977 bits per heavy atom. The molecule has 0 aliphatic carbocycles. The molecule has 3 aromatic carbocycles. The molecule has 0 spiro atoms. The summed E-state index contributed by atoms with van der Waals surface area (Å²) in [5.74, 6) is 0.320. The van der Waals surface area contributed by atoms with E-state index < -0.39 is 28.5 Å². The standard InChI is InChI=1S/C33H43N3O6S2/c1-7-29(33(38)34-21-24(3)4)35(22-25-12-11-13-26(20-25)41-5)32(37)23-36(30-14-9-10-15-31(30)42-8-2)44(39,40)28-18-16-27(43-6)17-19-28/h9-20,24,29H,7-8,21-23H2,1-6H3,(H,34,38). The van der Waals surface area contributed by atoms with Crippen LogP contribution in [-0.2, 0) is 26.2 Å². The Bertz CT molecular complexity index is 1500. The molecule has 3 aromatic rings. The van der Waals surface area contributed by atoms with Crippen molar-refractivity contribution < 1.29 is 27.5 Å². The van der Waals surface area contributed by atoms with Crippen LogP contribution in [-0.4, -0.2) is 64.2 Å². The van der Waals surface area contributed by atoms with E-state index in [4.69, 9.17) is 9.47 Å². The summed E-state index contributed by atoms with van der Waals surface area (Å²) in [7, 11) is -2.67. The van der Waals surface area contributed by atoms with Crippen LogP contribution in [0.3, 0.4) is 0 Å². The molecule has 3 rings (SSSR count). The molecule has 0 aromatic heterocycles. The maximum atomic E-state index is 14.3. The minimum atomic E-state index is -4.23. The molecule has 0 fully saturated rings. The number of ether oxygens (including phenoxy) is 2. The van der Waals surface area contributed by atoms with E-state index in [9.17, 15) is 18.0 Å². The van der Waals surface area contributed by atoms with E-state index in [0.29, 0.717) is 31.1 Å². The zero-order valence-electron chi connectivity index (χ0n) is 26.3. The molecule has 11 heteroatoms. The molecule has 0 heterocycles. The number of carbonyl (C=O) groups excluding carboxylic acids is 2. The van der Waals surface area contributed by atoms with Crippen LogP contribution in [0.4, 0.5) is 5.69 Å². The van der Waals surface area contributed by atoms with Crippen molar-refractivity contribution in [1.29, 1.82) is 0 Å². The topological polar surface area (TPSA) is 105 Å². The van der Waals surface area contributed by atoms with Crippen molar-refractivity contribution in [3.63, 3.8) is 0 Å². The Labute approximate surface area is 266 Å². The molecule has 1 N–H and O–H groups in total. The van der Waals surface area contributed by atoms with Gasteiger partial charge in [-0.15, -0.1) is 11.8 Å². The second-order valence-corrected chi connectivity index (χ2v) is 13.3. The predicted octanol–water partition coefficient (Wildman–Crippen LogP) is 5.59. The van der Waals surface area contributed by atoms with Crippen molar-refractivity contribution >= 4 is 39.3 Å². The summed E-state index contributed by atoms with van der Waals surface area (Å²) in [6, 6.07) is 19.7. The molecule has 1 unspecified atom stereocenters. The number of thioether (sulfide) groups is 1. The lowest BCUT2D eigenvalue weighted by Crippen LogP contribution is -2.52. The van der Waals surface area contributed by atoms with Crippen LogP contribution in [0.25, 0.3) is 0 Å². The van der Waals surface area contributed by atoms with Gasteiger partial charge in [0.2, 0.25) is 11.8 Å². The molecule has 1 atom stereocenters. The van der Waals surface area contributed by atoms with E-state index in [1.807, 2.05) is 39.2 Å². The van der Waals surface area contributed by atoms with Crippen LogP contribution in [0.15, 0.2) is 82.6 Å².